The number of aromatic nitrogens is 1. The summed E-state index contributed by atoms with van der Waals surface area (Å²) in [7, 11) is 1.38. The van der Waals surface area contributed by atoms with E-state index < -0.39 is 5.56 Å². The molecule has 8 heteroatoms. The molecule has 1 heterocycles. The van der Waals surface area contributed by atoms with Gasteiger partial charge in [0.25, 0.3) is 11.5 Å². The van der Waals surface area contributed by atoms with Gasteiger partial charge in [0, 0.05) is 24.7 Å². The number of unbranched alkanes of at least 4 members (excludes halogenated alkanes) is 1. The number of aromatic hydroxyl groups is 1. The maximum atomic E-state index is 12.6. The van der Waals surface area contributed by atoms with Gasteiger partial charge in [-0.15, -0.1) is 5.11 Å². The summed E-state index contributed by atoms with van der Waals surface area (Å²) in [6, 6.07) is 8.43. The van der Waals surface area contributed by atoms with Crippen LogP contribution < -0.4 is 10.9 Å². The zero-order valence-electron chi connectivity index (χ0n) is 16.2. The molecule has 146 valence electrons. The Morgan fingerprint density at radius 1 is 1.25 bits per heavy atom. The molecule has 8 nitrogen and oxygen atoms in total. The monoisotopic (exact) mass is 381 g/mol. The van der Waals surface area contributed by atoms with Crippen LogP contribution in [0.2, 0.25) is 0 Å². The van der Waals surface area contributed by atoms with Crippen molar-refractivity contribution in [3.8, 4) is 11.9 Å². The molecule has 1 aromatic carbocycles. The average molecular weight is 381 g/mol. The Balaban J connectivity index is 2.44. The molecule has 0 aliphatic carbocycles. The molecule has 2 rings (SSSR count). The van der Waals surface area contributed by atoms with Gasteiger partial charge in [0.1, 0.15) is 11.6 Å². The van der Waals surface area contributed by atoms with Crippen LogP contribution in [0.1, 0.15) is 48.2 Å². The topological polar surface area (TPSA) is 120 Å². The molecule has 0 bridgehead atoms. The number of rotatable bonds is 7. The lowest BCUT2D eigenvalue weighted by molar-refractivity contribution is 0.0956. The van der Waals surface area contributed by atoms with Crippen molar-refractivity contribution in [1.82, 2.24) is 9.88 Å². The Kier molecular flexibility index (Phi) is 7.04. The van der Waals surface area contributed by atoms with Crippen molar-refractivity contribution in [1.29, 1.82) is 5.26 Å². The van der Waals surface area contributed by atoms with Crippen molar-refractivity contribution >= 4 is 17.3 Å². The van der Waals surface area contributed by atoms with Crippen LogP contribution in [0.4, 0.5) is 11.4 Å². The van der Waals surface area contributed by atoms with Crippen LogP contribution in [0.15, 0.2) is 39.3 Å². The van der Waals surface area contributed by atoms with E-state index in [2.05, 4.69) is 15.5 Å². The van der Waals surface area contributed by atoms with Gasteiger partial charge in [-0.2, -0.15) is 10.4 Å². The number of nitriles is 1. The van der Waals surface area contributed by atoms with E-state index in [1.165, 1.54) is 7.05 Å². The number of hydrogen-bond acceptors (Lipinski definition) is 6. The zero-order chi connectivity index (χ0) is 20.7. The van der Waals surface area contributed by atoms with Crippen LogP contribution in [0.3, 0.4) is 0 Å². The van der Waals surface area contributed by atoms with Crippen molar-refractivity contribution in [2.45, 2.75) is 33.1 Å². The molecule has 0 aliphatic heterocycles. The smallest absolute Gasteiger partial charge is 0.281 e. The van der Waals surface area contributed by atoms with E-state index in [4.69, 9.17) is 0 Å². The highest BCUT2D eigenvalue weighted by Gasteiger charge is 2.19. The number of carbonyl (C=O) groups is 1. The number of carbonyl (C=O) groups excluding carboxylic acids is 1. The van der Waals surface area contributed by atoms with Crippen LogP contribution in [0, 0.1) is 11.3 Å². The highest BCUT2D eigenvalue weighted by Crippen LogP contribution is 2.28. The number of benzene rings is 1. The Morgan fingerprint density at radius 3 is 2.50 bits per heavy atom. The summed E-state index contributed by atoms with van der Waals surface area (Å²) in [5.74, 6) is -0.553. The first kappa shape index (κ1) is 20.8. The van der Waals surface area contributed by atoms with Crippen molar-refractivity contribution in [2.75, 3.05) is 6.54 Å². The summed E-state index contributed by atoms with van der Waals surface area (Å²) in [6.45, 7) is 4.36. The summed E-state index contributed by atoms with van der Waals surface area (Å²) >= 11 is 0. The van der Waals surface area contributed by atoms with Gasteiger partial charge in [-0.3, -0.25) is 14.2 Å². The molecule has 0 fully saturated rings. The average Bonchev–Trinajstić information content (AvgIpc) is 2.70. The molecular formula is C20H23N5O3. The number of hydrogen-bond donors (Lipinski definition) is 2. The lowest BCUT2D eigenvalue weighted by Gasteiger charge is -2.11. The summed E-state index contributed by atoms with van der Waals surface area (Å²) in [6.07, 6.45) is 2.04. The van der Waals surface area contributed by atoms with Crippen molar-refractivity contribution < 1.29 is 9.90 Å². The van der Waals surface area contributed by atoms with Crippen LogP contribution in [0.25, 0.3) is 0 Å². The van der Waals surface area contributed by atoms with Gasteiger partial charge < -0.3 is 10.4 Å². The van der Waals surface area contributed by atoms with Gasteiger partial charge in [-0.25, -0.2) is 0 Å². The van der Waals surface area contributed by atoms with Crippen molar-refractivity contribution in [2.24, 2.45) is 17.3 Å². The Morgan fingerprint density at radius 2 is 1.93 bits per heavy atom. The van der Waals surface area contributed by atoms with Gasteiger partial charge in [-0.05, 0) is 44.0 Å². The molecule has 0 radical (unpaired) electrons. The molecule has 0 saturated carbocycles. The van der Waals surface area contributed by atoms with E-state index in [1.54, 1.807) is 24.3 Å². The molecule has 28 heavy (non-hydrogen) atoms. The summed E-state index contributed by atoms with van der Waals surface area (Å²) in [4.78, 5) is 24.4. The lowest BCUT2D eigenvalue weighted by Crippen LogP contribution is -2.22. The molecule has 2 N–H and O–H groups in total. The van der Waals surface area contributed by atoms with Gasteiger partial charge in [0.2, 0.25) is 5.88 Å². The quantitative estimate of drug-likeness (QED) is 0.713. The number of nitrogens with one attached hydrogen (secondary N) is 1. The fraction of sp³-hybridized carbons (Fsp3) is 0.350. The first-order chi connectivity index (χ1) is 13.4. The fourth-order valence-corrected chi connectivity index (χ4v) is 2.67. The highest BCUT2D eigenvalue weighted by atomic mass is 16.3. The van der Waals surface area contributed by atoms with E-state index >= 15 is 0 Å². The number of amides is 1. The standard InChI is InChI=1S/C20H23N5O3/c1-4-6-7-15-16(12-21)19(27)25(3)20(28)17(15)24-23-14-10-8-13(9-11-14)18(26)22-5-2/h8-11,27H,4-7H2,1-3H3,(H,22,26). The molecule has 0 spiro atoms. The van der Waals surface area contributed by atoms with Crippen LogP contribution >= 0.6 is 0 Å². The van der Waals surface area contributed by atoms with E-state index in [9.17, 15) is 20.0 Å². The van der Waals surface area contributed by atoms with E-state index in [0.717, 1.165) is 17.4 Å². The van der Waals surface area contributed by atoms with Crippen molar-refractivity contribution in [3.05, 3.63) is 51.3 Å². The molecule has 2 aromatic rings. The van der Waals surface area contributed by atoms with E-state index in [0.29, 0.717) is 29.8 Å². The maximum absolute atomic E-state index is 12.6. The molecule has 1 aromatic heterocycles. The third-order valence-corrected chi connectivity index (χ3v) is 4.26. The lowest BCUT2D eigenvalue weighted by atomic mass is 10.0. The number of nitrogens with zero attached hydrogens (tertiary/aromatic N) is 4. The fourth-order valence-electron chi connectivity index (χ4n) is 2.67. The summed E-state index contributed by atoms with van der Waals surface area (Å²) in [5.41, 5.74) is 0.909. The van der Waals surface area contributed by atoms with E-state index in [1.807, 2.05) is 19.9 Å². The normalized spacial score (nSPS) is 10.8. The molecular weight excluding hydrogens is 358 g/mol. The number of pyridine rings is 1. The van der Waals surface area contributed by atoms with Gasteiger partial charge in [0.05, 0.1) is 5.69 Å². The van der Waals surface area contributed by atoms with Gasteiger partial charge in [0.15, 0.2) is 5.69 Å². The Bertz CT molecular complexity index is 985. The molecule has 0 saturated heterocycles. The summed E-state index contributed by atoms with van der Waals surface area (Å²) < 4.78 is 0.987. The maximum Gasteiger partial charge on any atom is 0.281 e. The minimum atomic E-state index is -0.523. The molecule has 0 unspecified atom stereocenters. The summed E-state index contributed by atoms with van der Waals surface area (Å²) in [5, 5.41) is 30.4. The third-order valence-electron chi connectivity index (χ3n) is 4.26. The second kappa shape index (κ2) is 9.46. The largest absolute Gasteiger partial charge is 0.493 e. The zero-order valence-corrected chi connectivity index (χ0v) is 16.2. The predicted octanol–water partition coefficient (Wildman–Crippen LogP) is 3.47. The number of azo groups is 1. The van der Waals surface area contributed by atoms with Crippen LogP contribution in [-0.2, 0) is 13.5 Å². The van der Waals surface area contributed by atoms with E-state index in [-0.39, 0.29) is 23.0 Å². The van der Waals surface area contributed by atoms with Gasteiger partial charge >= 0.3 is 0 Å². The SMILES string of the molecule is CCCCc1c(C#N)c(O)n(C)c(=O)c1N=Nc1ccc(C(=O)NCC)cc1. The second-order valence-electron chi connectivity index (χ2n) is 6.21. The second-order valence-corrected chi connectivity index (χ2v) is 6.21. The molecule has 0 aliphatic rings. The Hall–Kier alpha value is -3.47. The van der Waals surface area contributed by atoms with Crippen LogP contribution in [-0.4, -0.2) is 22.1 Å². The minimum Gasteiger partial charge on any atom is -0.493 e. The van der Waals surface area contributed by atoms with Crippen molar-refractivity contribution in [3.63, 3.8) is 0 Å². The van der Waals surface area contributed by atoms with Gasteiger partial charge in [-0.1, -0.05) is 13.3 Å². The molecule has 0 atom stereocenters. The first-order valence-electron chi connectivity index (χ1n) is 9.09. The third kappa shape index (κ3) is 4.43. The predicted molar refractivity (Wildman–Crippen MR) is 105 cm³/mol. The molecule has 1 amide bonds. The highest BCUT2D eigenvalue weighted by molar-refractivity contribution is 5.94. The minimum absolute atomic E-state index is 0.0380. The first-order valence-corrected chi connectivity index (χ1v) is 9.09. The van der Waals surface area contributed by atoms with Crippen LogP contribution in [0.5, 0.6) is 5.88 Å². The Labute approximate surface area is 163 Å².